The fourth-order valence-electron chi connectivity index (χ4n) is 2.91. The van der Waals surface area contributed by atoms with Crippen molar-refractivity contribution in [3.63, 3.8) is 0 Å². The SMILES string of the molecule is C=Cc1cccc(N2CCC(Nc3ncc(C)c(C)n3)CC2)c1. The molecule has 23 heavy (non-hydrogen) atoms. The normalized spacial score (nSPS) is 15.5. The molecule has 0 bridgehead atoms. The fraction of sp³-hybridized carbons (Fsp3) is 0.368. The first kappa shape index (κ1) is 15.5. The van der Waals surface area contributed by atoms with Gasteiger partial charge >= 0.3 is 0 Å². The molecule has 4 heteroatoms. The van der Waals surface area contributed by atoms with E-state index in [9.17, 15) is 0 Å². The maximum absolute atomic E-state index is 4.52. The zero-order valence-corrected chi connectivity index (χ0v) is 13.9. The molecule has 0 radical (unpaired) electrons. The molecule has 4 nitrogen and oxygen atoms in total. The Labute approximate surface area is 138 Å². The van der Waals surface area contributed by atoms with Gasteiger partial charge in [-0.2, -0.15) is 0 Å². The van der Waals surface area contributed by atoms with Crippen molar-refractivity contribution in [2.75, 3.05) is 23.3 Å². The van der Waals surface area contributed by atoms with Gasteiger partial charge in [0.1, 0.15) is 0 Å². The molecule has 1 fully saturated rings. The molecule has 120 valence electrons. The molecule has 0 unspecified atom stereocenters. The van der Waals surface area contributed by atoms with Crippen molar-refractivity contribution in [2.24, 2.45) is 0 Å². The topological polar surface area (TPSA) is 41.0 Å². The molecule has 0 amide bonds. The van der Waals surface area contributed by atoms with Gasteiger partial charge in [0.05, 0.1) is 0 Å². The number of nitrogens with one attached hydrogen (secondary N) is 1. The lowest BCUT2D eigenvalue weighted by Crippen LogP contribution is -2.39. The summed E-state index contributed by atoms with van der Waals surface area (Å²) >= 11 is 0. The Kier molecular flexibility index (Phi) is 4.60. The van der Waals surface area contributed by atoms with Crippen LogP contribution in [0.25, 0.3) is 6.08 Å². The minimum atomic E-state index is 0.441. The highest BCUT2D eigenvalue weighted by Gasteiger charge is 2.20. The third-order valence-corrected chi connectivity index (χ3v) is 4.52. The summed E-state index contributed by atoms with van der Waals surface area (Å²) in [7, 11) is 0. The minimum Gasteiger partial charge on any atom is -0.371 e. The van der Waals surface area contributed by atoms with Gasteiger partial charge in [0.25, 0.3) is 0 Å². The Morgan fingerprint density at radius 3 is 2.74 bits per heavy atom. The standard InChI is InChI=1S/C19H24N4/c1-4-16-6-5-7-18(12-16)23-10-8-17(9-11-23)22-19-20-13-14(2)15(3)21-19/h4-7,12-13,17H,1,8-11H2,2-3H3,(H,20,21,22). The van der Waals surface area contributed by atoms with Crippen LogP contribution in [0.1, 0.15) is 29.7 Å². The maximum Gasteiger partial charge on any atom is 0.223 e. The van der Waals surface area contributed by atoms with Crippen LogP contribution in [-0.2, 0) is 0 Å². The highest BCUT2D eigenvalue weighted by molar-refractivity contribution is 5.57. The van der Waals surface area contributed by atoms with E-state index in [0.29, 0.717) is 6.04 Å². The van der Waals surface area contributed by atoms with Gasteiger partial charge in [0.2, 0.25) is 5.95 Å². The molecule has 1 saturated heterocycles. The minimum absolute atomic E-state index is 0.441. The average molecular weight is 308 g/mol. The summed E-state index contributed by atoms with van der Waals surface area (Å²) < 4.78 is 0. The van der Waals surface area contributed by atoms with E-state index >= 15 is 0 Å². The zero-order chi connectivity index (χ0) is 16.2. The van der Waals surface area contributed by atoms with Crippen molar-refractivity contribution in [2.45, 2.75) is 32.7 Å². The lowest BCUT2D eigenvalue weighted by molar-refractivity contribution is 0.524. The van der Waals surface area contributed by atoms with Crippen molar-refractivity contribution in [1.29, 1.82) is 0 Å². The Hall–Kier alpha value is -2.36. The lowest BCUT2D eigenvalue weighted by atomic mass is 10.0. The smallest absolute Gasteiger partial charge is 0.223 e. The van der Waals surface area contributed by atoms with Crippen LogP contribution in [-0.4, -0.2) is 29.1 Å². The molecule has 1 N–H and O–H groups in total. The summed E-state index contributed by atoms with van der Waals surface area (Å²) in [5, 5.41) is 3.48. The second-order valence-corrected chi connectivity index (χ2v) is 6.17. The summed E-state index contributed by atoms with van der Waals surface area (Å²) in [5.41, 5.74) is 4.63. The summed E-state index contributed by atoms with van der Waals surface area (Å²) in [6, 6.07) is 9.00. The van der Waals surface area contributed by atoms with Crippen molar-refractivity contribution in [1.82, 2.24) is 9.97 Å². The van der Waals surface area contributed by atoms with Gasteiger partial charge in [-0.1, -0.05) is 24.8 Å². The van der Waals surface area contributed by atoms with Crippen molar-refractivity contribution in [3.05, 3.63) is 53.9 Å². The van der Waals surface area contributed by atoms with E-state index in [2.05, 4.69) is 51.0 Å². The number of rotatable bonds is 4. The summed E-state index contributed by atoms with van der Waals surface area (Å²) in [6.45, 7) is 10.00. The molecule has 1 aromatic carbocycles. The Morgan fingerprint density at radius 1 is 1.26 bits per heavy atom. The average Bonchev–Trinajstić information content (AvgIpc) is 2.59. The first-order valence-electron chi connectivity index (χ1n) is 8.20. The van der Waals surface area contributed by atoms with Gasteiger partial charge in [-0.3, -0.25) is 0 Å². The largest absolute Gasteiger partial charge is 0.371 e. The van der Waals surface area contributed by atoms with Crippen LogP contribution in [0.4, 0.5) is 11.6 Å². The Balaban J connectivity index is 1.59. The summed E-state index contributed by atoms with van der Waals surface area (Å²) in [4.78, 5) is 11.3. The molecule has 2 heterocycles. The monoisotopic (exact) mass is 308 g/mol. The van der Waals surface area contributed by atoms with E-state index in [1.54, 1.807) is 0 Å². The van der Waals surface area contributed by atoms with Gasteiger partial charge in [-0.15, -0.1) is 0 Å². The van der Waals surface area contributed by atoms with Crippen LogP contribution in [0.2, 0.25) is 0 Å². The molecule has 1 aliphatic heterocycles. The van der Waals surface area contributed by atoms with Crippen LogP contribution < -0.4 is 10.2 Å². The third kappa shape index (κ3) is 3.70. The molecule has 1 aromatic heterocycles. The third-order valence-electron chi connectivity index (χ3n) is 4.52. The predicted octanol–water partition coefficient (Wildman–Crippen LogP) is 3.82. The van der Waals surface area contributed by atoms with Gasteiger partial charge in [-0.05, 0) is 49.9 Å². The Bertz CT molecular complexity index is 688. The van der Waals surface area contributed by atoms with Crippen LogP contribution in [0.3, 0.4) is 0 Å². The van der Waals surface area contributed by atoms with Crippen molar-refractivity contribution >= 4 is 17.7 Å². The first-order valence-corrected chi connectivity index (χ1v) is 8.20. The quantitative estimate of drug-likeness (QED) is 0.932. The molecular formula is C19H24N4. The summed E-state index contributed by atoms with van der Waals surface area (Å²) in [6.07, 6.45) is 5.97. The van der Waals surface area contributed by atoms with E-state index in [1.807, 2.05) is 26.1 Å². The number of nitrogens with zero attached hydrogens (tertiary/aromatic N) is 3. The second kappa shape index (κ2) is 6.82. The number of hydrogen-bond donors (Lipinski definition) is 1. The molecule has 0 saturated carbocycles. The van der Waals surface area contributed by atoms with Gasteiger partial charge in [-0.25, -0.2) is 9.97 Å². The van der Waals surface area contributed by atoms with E-state index in [4.69, 9.17) is 0 Å². The zero-order valence-electron chi connectivity index (χ0n) is 13.9. The first-order chi connectivity index (χ1) is 11.2. The molecular weight excluding hydrogens is 284 g/mol. The van der Waals surface area contributed by atoms with Crippen molar-refractivity contribution < 1.29 is 0 Å². The number of hydrogen-bond acceptors (Lipinski definition) is 4. The lowest BCUT2D eigenvalue weighted by Gasteiger charge is -2.34. The van der Waals surface area contributed by atoms with Gasteiger partial charge < -0.3 is 10.2 Å². The second-order valence-electron chi connectivity index (χ2n) is 6.17. The molecule has 0 spiro atoms. The predicted molar refractivity (Wildman–Crippen MR) is 96.9 cm³/mol. The number of anilines is 2. The molecule has 1 aliphatic rings. The number of aromatic nitrogens is 2. The van der Waals surface area contributed by atoms with Gasteiger partial charge in [0.15, 0.2) is 0 Å². The maximum atomic E-state index is 4.52. The van der Waals surface area contributed by atoms with Crippen molar-refractivity contribution in [3.8, 4) is 0 Å². The van der Waals surface area contributed by atoms with E-state index in [-0.39, 0.29) is 0 Å². The fourth-order valence-corrected chi connectivity index (χ4v) is 2.91. The highest BCUT2D eigenvalue weighted by atomic mass is 15.2. The highest BCUT2D eigenvalue weighted by Crippen LogP contribution is 2.22. The molecule has 2 aromatic rings. The van der Waals surface area contributed by atoms with Crippen LogP contribution in [0, 0.1) is 13.8 Å². The van der Waals surface area contributed by atoms with E-state index in [1.165, 1.54) is 11.3 Å². The number of benzene rings is 1. The Morgan fingerprint density at radius 2 is 2.04 bits per heavy atom. The van der Waals surface area contributed by atoms with E-state index < -0.39 is 0 Å². The number of piperidine rings is 1. The van der Waals surface area contributed by atoms with Crippen LogP contribution in [0.15, 0.2) is 37.0 Å². The van der Waals surface area contributed by atoms with Gasteiger partial charge in [0, 0.05) is 36.7 Å². The molecule has 3 rings (SSSR count). The summed E-state index contributed by atoms with van der Waals surface area (Å²) in [5.74, 6) is 0.750. The molecule has 0 atom stereocenters. The van der Waals surface area contributed by atoms with Crippen LogP contribution in [0.5, 0.6) is 0 Å². The van der Waals surface area contributed by atoms with E-state index in [0.717, 1.165) is 43.1 Å². The number of aryl methyl sites for hydroxylation is 2. The molecule has 0 aliphatic carbocycles. The van der Waals surface area contributed by atoms with Crippen LogP contribution >= 0.6 is 0 Å².